The number of hydrogen-bond acceptors (Lipinski definition) is 1. The molecule has 0 saturated heterocycles. The lowest BCUT2D eigenvalue weighted by atomic mass is 10.1. The van der Waals surface area contributed by atoms with Crippen molar-refractivity contribution in [1.29, 1.82) is 0 Å². The van der Waals surface area contributed by atoms with Crippen molar-refractivity contribution in [2.24, 2.45) is 0 Å². The minimum Gasteiger partial charge on any atom is -0.324 e. The van der Waals surface area contributed by atoms with E-state index in [1.807, 2.05) is 36.5 Å². The van der Waals surface area contributed by atoms with Crippen LogP contribution in [0, 0.1) is 0 Å². The van der Waals surface area contributed by atoms with E-state index < -0.39 is 0 Å². The van der Waals surface area contributed by atoms with Crippen molar-refractivity contribution >= 4 is 11.6 Å². The Bertz CT molecular complexity index is 542. The van der Waals surface area contributed by atoms with Crippen LogP contribution in [0.2, 0.25) is 0 Å². The number of carbonyl (C=O) groups excluding carboxylic acids is 1. The molecule has 0 unspecified atom stereocenters. The van der Waals surface area contributed by atoms with Crippen LogP contribution >= 0.6 is 0 Å². The Kier molecular flexibility index (Phi) is 2.03. The number of fused-ring (bicyclic) bond motifs is 3. The van der Waals surface area contributed by atoms with Gasteiger partial charge < -0.3 is 9.88 Å². The molecule has 1 aliphatic heterocycles. The van der Waals surface area contributed by atoms with Gasteiger partial charge in [-0.2, -0.15) is 0 Å². The summed E-state index contributed by atoms with van der Waals surface area (Å²) in [6, 6.07) is 11.9. The van der Waals surface area contributed by atoms with E-state index in [-0.39, 0.29) is 5.91 Å². The summed E-state index contributed by atoms with van der Waals surface area (Å²) in [5.74, 6) is 0.0832. The zero-order valence-corrected chi connectivity index (χ0v) is 8.81. The van der Waals surface area contributed by atoms with Crippen LogP contribution in [-0.2, 0) is 11.2 Å². The van der Waals surface area contributed by atoms with Crippen molar-refractivity contribution in [2.75, 3.05) is 5.32 Å². The number of carbonyl (C=O) groups is 1. The maximum absolute atomic E-state index is 11.6. The molecule has 1 aromatic carbocycles. The Morgan fingerprint density at radius 2 is 1.94 bits per heavy atom. The number of aromatic nitrogens is 1. The summed E-state index contributed by atoms with van der Waals surface area (Å²) >= 11 is 0. The number of nitrogens with zero attached hydrogens (tertiary/aromatic N) is 1. The highest BCUT2D eigenvalue weighted by Gasteiger charge is 2.14. The van der Waals surface area contributed by atoms with Gasteiger partial charge in [0.15, 0.2) is 0 Å². The van der Waals surface area contributed by atoms with Gasteiger partial charge in [-0.1, -0.05) is 12.1 Å². The third-order valence-corrected chi connectivity index (χ3v) is 2.88. The van der Waals surface area contributed by atoms with E-state index in [0.29, 0.717) is 6.42 Å². The zero-order chi connectivity index (χ0) is 11.0. The van der Waals surface area contributed by atoms with Crippen LogP contribution < -0.4 is 5.32 Å². The molecule has 0 atom stereocenters. The van der Waals surface area contributed by atoms with Gasteiger partial charge in [0.1, 0.15) is 0 Å². The first-order chi connectivity index (χ1) is 7.84. The topological polar surface area (TPSA) is 34.0 Å². The number of amides is 1. The summed E-state index contributed by atoms with van der Waals surface area (Å²) in [7, 11) is 0. The van der Waals surface area contributed by atoms with E-state index in [1.54, 1.807) is 0 Å². The Balaban J connectivity index is 2.22. The molecular weight excluding hydrogens is 200 g/mol. The van der Waals surface area contributed by atoms with Crippen LogP contribution in [0.4, 0.5) is 5.69 Å². The van der Waals surface area contributed by atoms with Gasteiger partial charge in [-0.25, -0.2) is 0 Å². The average Bonchev–Trinajstić information content (AvgIpc) is 2.73. The molecule has 0 bridgehead atoms. The summed E-state index contributed by atoms with van der Waals surface area (Å²) in [6.45, 7) is 0. The number of para-hydroxylation sites is 2. The molecule has 0 saturated carbocycles. The molecule has 1 aromatic heterocycles. The van der Waals surface area contributed by atoms with Crippen molar-refractivity contribution in [2.45, 2.75) is 12.8 Å². The highest BCUT2D eigenvalue weighted by Crippen LogP contribution is 2.24. The molecule has 1 N–H and O–H groups in total. The molecule has 0 fully saturated rings. The fraction of sp³-hybridized carbons (Fsp3) is 0.154. The molecule has 1 amide bonds. The summed E-state index contributed by atoms with van der Waals surface area (Å²) in [5.41, 5.74) is 3.10. The fourth-order valence-electron chi connectivity index (χ4n) is 2.10. The summed E-state index contributed by atoms with van der Waals surface area (Å²) in [6.07, 6.45) is 3.36. The van der Waals surface area contributed by atoms with Crippen molar-refractivity contribution in [3.63, 3.8) is 0 Å². The number of anilines is 1. The third-order valence-electron chi connectivity index (χ3n) is 2.88. The average molecular weight is 212 g/mol. The summed E-state index contributed by atoms with van der Waals surface area (Å²) in [4.78, 5) is 11.6. The smallest absolute Gasteiger partial charge is 0.224 e. The van der Waals surface area contributed by atoms with Crippen LogP contribution in [0.25, 0.3) is 5.69 Å². The largest absolute Gasteiger partial charge is 0.324 e. The van der Waals surface area contributed by atoms with Gasteiger partial charge in [-0.05, 0) is 30.7 Å². The Morgan fingerprint density at radius 1 is 1.06 bits per heavy atom. The minimum absolute atomic E-state index is 0.0832. The van der Waals surface area contributed by atoms with Gasteiger partial charge in [0.25, 0.3) is 0 Å². The molecule has 0 aliphatic carbocycles. The zero-order valence-electron chi connectivity index (χ0n) is 8.81. The van der Waals surface area contributed by atoms with Crippen LogP contribution in [0.3, 0.4) is 0 Å². The third kappa shape index (κ3) is 1.41. The maximum Gasteiger partial charge on any atom is 0.224 e. The number of nitrogens with one attached hydrogen (secondary N) is 1. The van der Waals surface area contributed by atoms with E-state index in [9.17, 15) is 4.79 Å². The molecule has 3 rings (SSSR count). The van der Waals surface area contributed by atoms with Gasteiger partial charge in [-0.15, -0.1) is 0 Å². The quantitative estimate of drug-likeness (QED) is 0.714. The lowest BCUT2D eigenvalue weighted by Gasteiger charge is -2.17. The maximum atomic E-state index is 11.6. The first-order valence-corrected chi connectivity index (χ1v) is 5.40. The highest BCUT2D eigenvalue weighted by atomic mass is 16.1. The van der Waals surface area contributed by atoms with E-state index in [2.05, 4.69) is 16.0 Å². The summed E-state index contributed by atoms with van der Waals surface area (Å²) in [5, 5.41) is 2.93. The first kappa shape index (κ1) is 9.21. The molecule has 2 heterocycles. The lowest BCUT2D eigenvalue weighted by Crippen LogP contribution is -2.18. The fourth-order valence-corrected chi connectivity index (χ4v) is 2.10. The van der Waals surface area contributed by atoms with Crippen molar-refractivity contribution < 1.29 is 4.79 Å². The van der Waals surface area contributed by atoms with Crippen molar-refractivity contribution in [3.8, 4) is 5.69 Å². The predicted molar refractivity (Wildman–Crippen MR) is 62.7 cm³/mol. The minimum atomic E-state index is 0.0832. The van der Waals surface area contributed by atoms with Gasteiger partial charge in [0.2, 0.25) is 5.91 Å². The SMILES string of the molecule is O=C1CCc2cccn2-c2ccccc2N1. The number of hydrogen-bond donors (Lipinski definition) is 1. The number of benzene rings is 1. The van der Waals surface area contributed by atoms with Gasteiger partial charge in [0, 0.05) is 18.3 Å². The van der Waals surface area contributed by atoms with Crippen molar-refractivity contribution in [3.05, 3.63) is 48.3 Å². The van der Waals surface area contributed by atoms with E-state index in [1.165, 1.54) is 5.69 Å². The molecule has 3 heteroatoms. The second-order valence-corrected chi connectivity index (χ2v) is 3.93. The lowest BCUT2D eigenvalue weighted by molar-refractivity contribution is -0.116. The molecule has 1 aliphatic rings. The van der Waals surface area contributed by atoms with E-state index in [0.717, 1.165) is 17.8 Å². The predicted octanol–water partition coefficient (Wildman–Crippen LogP) is 2.36. The monoisotopic (exact) mass is 212 g/mol. The van der Waals surface area contributed by atoms with E-state index >= 15 is 0 Å². The van der Waals surface area contributed by atoms with Gasteiger partial charge >= 0.3 is 0 Å². The molecular formula is C13H12N2O. The van der Waals surface area contributed by atoms with Crippen LogP contribution in [0.15, 0.2) is 42.6 Å². The van der Waals surface area contributed by atoms with Crippen LogP contribution in [-0.4, -0.2) is 10.5 Å². The highest BCUT2D eigenvalue weighted by molar-refractivity contribution is 5.93. The normalized spacial score (nSPS) is 14.4. The molecule has 80 valence electrons. The first-order valence-electron chi connectivity index (χ1n) is 5.40. The Morgan fingerprint density at radius 3 is 2.88 bits per heavy atom. The molecule has 0 spiro atoms. The standard InChI is InChI=1S/C13H12N2O/c16-13-8-7-10-4-3-9-15(10)12-6-2-1-5-11(12)14-13/h1-6,9H,7-8H2,(H,14,16). The number of aryl methyl sites for hydroxylation is 1. The Hall–Kier alpha value is -2.03. The summed E-state index contributed by atoms with van der Waals surface area (Å²) < 4.78 is 2.13. The molecule has 2 aromatic rings. The van der Waals surface area contributed by atoms with Gasteiger partial charge in [-0.3, -0.25) is 4.79 Å². The number of rotatable bonds is 0. The molecule has 0 radical (unpaired) electrons. The molecule has 3 nitrogen and oxygen atoms in total. The van der Waals surface area contributed by atoms with Crippen LogP contribution in [0.5, 0.6) is 0 Å². The van der Waals surface area contributed by atoms with Crippen molar-refractivity contribution in [1.82, 2.24) is 4.57 Å². The molecule has 16 heavy (non-hydrogen) atoms. The van der Waals surface area contributed by atoms with E-state index in [4.69, 9.17) is 0 Å². The second kappa shape index (κ2) is 3.52. The second-order valence-electron chi connectivity index (χ2n) is 3.93. The Labute approximate surface area is 93.7 Å². The van der Waals surface area contributed by atoms with Crippen LogP contribution in [0.1, 0.15) is 12.1 Å². The van der Waals surface area contributed by atoms with Gasteiger partial charge in [0.05, 0.1) is 11.4 Å².